The maximum absolute atomic E-state index is 13.1. The van der Waals surface area contributed by atoms with E-state index in [9.17, 15) is 14.0 Å². The predicted molar refractivity (Wildman–Crippen MR) is 90.1 cm³/mol. The van der Waals surface area contributed by atoms with E-state index < -0.39 is 23.7 Å². The second kappa shape index (κ2) is 7.99. The molecule has 0 bridgehead atoms. The summed E-state index contributed by atoms with van der Waals surface area (Å²) in [6, 6.07) is 5.09. The van der Waals surface area contributed by atoms with E-state index in [1.807, 2.05) is 0 Å². The number of alkyl carbamates (subject to hydrolysis) is 1. The lowest BCUT2D eigenvalue weighted by atomic mass is 10.1. The number of methoxy groups -OCH3 is 1. The molecule has 1 N–H and O–H groups in total. The maximum atomic E-state index is 13.1. The van der Waals surface area contributed by atoms with E-state index in [0.717, 1.165) is 11.8 Å². The topological polar surface area (TPSA) is 90.7 Å². The molecule has 1 aromatic carbocycles. The summed E-state index contributed by atoms with van der Waals surface area (Å²) in [6.07, 6.45) is 0.749. The van der Waals surface area contributed by atoms with Gasteiger partial charge in [0.15, 0.2) is 5.69 Å². The Morgan fingerprint density at radius 2 is 1.92 bits per heavy atom. The number of aromatic nitrogens is 1. The maximum Gasteiger partial charge on any atom is 0.408 e. The smallest absolute Gasteiger partial charge is 0.408 e. The zero-order chi connectivity index (χ0) is 19.3. The Kier molecular flexibility index (Phi) is 5.97. The number of oxazole rings is 1. The summed E-state index contributed by atoms with van der Waals surface area (Å²) >= 11 is 0. The second-order valence-corrected chi connectivity index (χ2v) is 6.59. The van der Waals surface area contributed by atoms with Crippen molar-refractivity contribution in [3.63, 3.8) is 0 Å². The van der Waals surface area contributed by atoms with Crippen molar-refractivity contribution in [1.29, 1.82) is 0 Å². The molecule has 2 rings (SSSR count). The molecule has 0 aliphatic heterocycles. The number of nitrogens with one attached hydrogen (secondary N) is 1. The first-order chi connectivity index (χ1) is 12.2. The minimum absolute atomic E-state index is 0.0161. The third kappa shape index (κ3) is 5.58. The molecule has 0 saturated carbocycles. The fraction of sp³-hybridized carbons (Fsp3) is 0.389. The molecule has 0 spiro atoms. The average Bonchev–Trinajstić information content (AvgIpc) is 3.03. The largest absolute Gasteiger partial charge is 0.464 e. The number of carbonyl (C=O) groups is 2. The quantitative estimate of drug-likeness (QED) is 0.818. The molecule has 0 radical (unpaired) electrons. The van der Waals surface area contributed by atoms with Crippen molar-refractivity contribution >= 4 is 12.1 Å². The van der Waals surface area contributed by atoms with E-state index in [4.69, 9.17) is 9.15 Å². The molecule has 2 aromatic rings. The van der Waals surface area contributed by atoms with Gasteiger partial charge < -0.3 is 19.2 Å². The van der Waals surface area contributed by atoms with E-state index >= 15 is 0 Å². The van der Waals surface area contributed by atoms with Gasteiger partial charge in [-0.1, -0.05) is 12.1 Å². The van der Waals surface area contributed by atoms with E-state index in [2.05, 4.69) is 15.0 Å². The standard InChI is InChI=1S/C18H21FN2O5/c1-18(2,3)26-17(23)21-13(9-11-5-7-12(19)8-6-11)15-20-14(10-25-15)16(22)24-4/h5-8,10,13H,9H2,1-4H3,(H,21,23). The number of hydrogen-bond acceptors (Lipinski definition) is 6. The first kappa shape index (κ1) is 19.4. The highest BCUT2D eigenvalue weighted by Gasteiger charge is 2.25. The third-order valence-electron chi connectivity index (χ3n) is 3.26. The van der Waals surface area contributed by atoms with Gasteiger partial charge >= 0.3 is 12.1 Å². The van der Waals surface area contributed by atoms with Gasteiger partial charge in [0.05, 0.1) is 7.11 Å². The minimum atomic E-state index is -0.714. The van der Waals surface area contributed by atoms with Gasteiger partial charge in [-0.25, -0.2) is 19.0 Å². The molecule has 0 saturated heterocycles. The lowest BCUT2D eigenvalue weighted by Gasteiger charge is -2.22. The molecule has 1 unspecified atom stereocenters. The first-order valence-corrected chi connectivity index (χ1v) is 7.95. The molecule has 7 nitrogen and oxygen atoms in total. The number of nitrogens with zero attached hydrogens (tertiary/aromatic N) is 1. The predicted octanol–water partition coefficient (Wildman–Crippen LogP) is 3.41. The van der Waals surface area contributed by atoms with Crippen LogP contribution in [0.3, 0.4) is 0 Å². The van der Waals surface area contributed by atoms with Crippen molar-refractivity contribution < 1.29 is 27.9 Å². The van der Waals surface area contributed by atoms with Crippen LogP contribution in [0, 0.1) is 5.82 Å². The Bertz CT molecular complexity index is 765. The second-order valence-electron chi connectivity index (χ2n) is 6.59. The molecular formula is C18H21FN2O5. The van der Waals surface area contributed by atoms with Crippen LogP contribution < -0.4 is 5.32 Å². The fourth-order valence-corrected chi connectivity index (χ4v) is 2.15. The molecule has 1 amide bonds. The number of benzene rings is 1. The molecule has 26 heavy (non-hydrogen) atoms. The molecule has 0 aliphatic carbocycles. The fourth-order valence-electron chi connectivity index (χ4n) is 2.15. The van der Waals surface area contributed by atoms with Gasteiger partial charge in [0.2, 0.25) is 5.89 Å². The lowest BCUT2D eigenvalue weighted by molar-refractivity contribution is 0.0495. The van der Waals surface area contributed by atoms with E-state index in [1.165, 1.54) is 19.2 Å². The van der Waals surface area contributed by atoms with Gasteiger partial charge in [-0.05, 0) is 38.5 Å². The number of hydrogen-bond donors (Lipinski definition) is 1. The van der Waals surface area contributed by atoms with Crippen LogP contribution in [0.15, 0.2) is 34.9 Å². The van der Waals surface area contributed by atoms with Crippen LogP contribution in [0.1, 0.15) is 48.8 Å². The summed E-state index contributed by atoms with van der Waals surface area (Å²) in [6.45, 7) is 5.21. The van der Waals surface area contributed by atoms with Gasteiger partial charge in [-0.15, -0.1) is 0 Å². The van der Waals surface area contributed by atoms with Gasteiger partial charge in [0, 0.05) is 6.42 Å². The number of rotatable bonds is 5. The normalized spacial score (nSPS) is 12.3. The summed E-state index contributed by atoms with van der Waals surface area (Å²) < 4.78 is 28.3. The molecule has 1 atom stereocenters. The highest BCUT2D eigenvalue weighted by molar-refractivity contribution is 5.86. The Labute approximate surface area is 150 Å². The van der Waals surface area contributed by atoms with Gasteiger partial charge in [-0.3, -0.25) is 0 Å². The Morgan fingerprint density at radius 3 is 2.50 bits per heavy atom. The molecule has 1 heterocycles. The Balaban J connectivity index is 2.22. The number of esters is 1. The average molecular weight is 364 g/mol. The summed E-state index contributed by atoms with van der Waals surface area (Å²) in [5.41, 5.74) is 0.0426. The van der Waals surface area contributed by atoms with Crippen molar-refractivity contribution in [1.82, 2.24) is 10.3 Å². The summed E-state index contributed by atoms with van der Waals surface area (Å²) in [5.74, 6) is -0.909. The number of halogens is 1. The van der Waals surface area contributed by atoms with Crippen LogP contribution in [0.5, 0.6) is 0 Å². The van der Waals surface area contributed by atoms with Gasteiger partial charge in [0.25, 0.3) is 0 Å². The van der Waals surface area contributed by atoms with E-state index in [-0.39, 0.29) is 23.8 Å². The van der Waals surface area contributed by atoms with Gasteiger partial charge in [-0.2, -0.15) is 0 Å². The monoisotopic (exact) mass is 364 g/mol. The Morgan fingerprint density at radius 1 is 1.27 bits per heavy atom. The van der Waals surface area contributed by atoms with E-state index in [0.29, 0.717) is 0 Å². The summed E-state index contributed by atoms with van der Waals surface area (Å²) in [5, 5.41) is 2.66. The van der Waals surface area contributed by atoms with Crippen LogP contribution >= 0.6 is 0 Å². The van der Waals surface area contributed by atoms with Crippen LogP contribution in [0.2, 0.25) is 0 Å². The van der Waals surface area contributed by atoms with Crippen molar-refractivity contribution in [2.75, 3.05) is 7.11 Å². The number of carbonyl (C=O) groups excluding carboxylic acids is 2. The zero-order valence-corrected chi connectivity index (χ0v) is 15.0. The number of amides is 1. The summed E-state index contributed by atoms with van der Waals surface area (Å²) in [4.78, 5) is 27.7. The lowest BCUT2D eigenvalue weighted by Crippen LogP contribution is -2.36. The van der Waals surface area contributed by atoms with Crippen LogP contribution in [-0.2, 0) is 15.9 Å². The van der Waals surface area contributed by atoms with Crippen molar-refractivity contribution in [3.8, 4) is 0 Å². The van der Waals surface area contributed by atoms with Crippen LogP contribution in [0.4, 0.5) is 9.18 Å². The molecular weight excluding hydrogens is 343 g/mol. The molecule has 8 heteroatoms. The summed E-state index contributed by atoms with van der Waals surface area (Å²) in [7, 11) is 1.23. The highest BCUT2D eigenvalue weighted by atomic mass is 19.1. The minimum Gasteiger partial charge on any atom is -0.464 e. The van der Waals surface area contributed by atoms with Crippen molar-refractivity contribution in [2.24, 2.45) is 0 Å². The SMILES string of the molecule is COC(=O)c1coc(C(Cc2ccc(F)cc2)NC(=O)OC(C)(C)C)n1. The molecule has 0 aliphatic rings. The van der Waals surface area contributed by atoms with E-state index in [1.54, 1.807) is 32.9 Å². The molecule has 140 valence electrons. The van der Waals surface area contributed by atoms with Crippen LogP contribution in [0.25, 0.3) is 0 Å². The number of ether oxygens (including phenoxy) is 2. The first-order valence-electron chi connectivity index (χ1n) is 7.95. The van der Waals surface area contributed by atoms with Crippen LogP contribution in [-0.4, -0.2) is 29.8 Å². The van der Waals surface area contributed by atoms with Crippen molar-refractivity contribution in [2.45, 2.75) is 38.8 Å². The highest BCUT2D eigenvalue weighted by Crippen LogP contribution is 2.20. The zero-order valence-electron chi connectivity index (χ0n) is 15.0. The Hall–Kier alpha value is -2.90. The van der Waals surface area contributed by atoms with Gasteiger partial charge in [0.1, 0.15) is 23.7 Å². The molecule has 1 aromatic heterocycles. The molecule has 0 fully saturated rings. The van der Waals surface area contributed by atoms with Crippen molar-refractivity contribution in [3.05, 3.63) is 53.5 Å². The third-order valence-corrected chi connectivity index (χ3v) is 3.26.